The van der Waals surface area contributed by atoms with Crippen molar-refractivity contribution in [3.63, 3.8) is 0 Å². The molecule has 1 aromatic heterocycles. The fourth-order valence-electron chi connectivity index (χ4n) is 1.60. The number of halogens is 2. The second kappa shape index (κ2) is 6.37. The molecule has 0 aliphatic rings. The van der Waals surface area contributed by atoms with Crippen LogP contribution in [0, 0.1) is 0 Å². The van der Waals surface area contributed by atoms with Gasteiger partial charge in [0.1, 0.15) is 0 Å². The SMILES string of the molecule is CCCNC(C)c1nnc(-c2ccc(Cl)c(Cl)c2)o1. The first-order chi connectivity index (χ1) is 9.11. The summed E-state index contributed by atoms with van der Waals surface area (Å²) in [6.07, 6.45) is 1.05. The summed E-state index contributed by atoms with van der Waals surface area (Å²) in [5.74, 6) is 1.01. The van der Waals surface area contributed by atoms with Crippen LogP contribution in [0.1, 0.15) is 32.2 Å². The van der Waals surface area contributed by atoms with Crippen molar-refractivity contribution in [3.05, 3.63) is 34.1 Å². The van der Waals surface area contributed by atoms with Crippen molar-refractivity contribution < 1.29 is 4.42 Å². The monoisotopic (exact) mass is 299 g/mol. The number of nitrogens with zero attached hydrogens (tertiary/aromatic N) is 2. The van der Waals surface area contributed by atoms with Crippen LogP contribution >= 0.6 is 23.2 Å². The van der Waals surface area contributed by atoms with Gasteiger partial charge in [0.2, 0.25) is 11.8 Å². The van der Waals surface area contributed by atoms with E-state index in [-0.39, 0.29) is 6.04 Å². The summed E-state index contributed by atoms with van der Waals surface area (Å²) in [6.45, 7) is 5.00. The summed E-state index contributed by atoms with van der Waals surface area (Å²) in [4.78, 5) is 0. The van der Waals surface area contributed by atoms with E-state index >= 15 is 0 Å². The minimum absolute atomic E-state index is 0.0315. The number of benzene rings is 1. The highest BCUT2D eigenvalue weighted by Gasteiger charge is 2.14. The molecule has 0 bridgehead atoms. The zero-order chi connectivity index (χ0) is 13.8. The average molecular weight is 300 g/mol. The third-order valence-electron chi connectivity index (χ3n) is 2.68. The summed E-state index contributed by atoms with van der Waals surface area (Å²) in [7, 11) is 0. The average Bonchev–Trinajstić information content (AvgIpc) is 2.89. The second-order valence-electron chi connectivity index (χ2n) is 4.25. The molecule has 102 valence electrons. The lowest BCUT2D eigenvalue weighted by atomic mass is 10.2. The van der Waals surface area contributed by atoms with E-state index in [0.29, 0.717) is 21.8 Å². The van der Waals surface area contributed by atoms with Gasteiger partial charge < -0.3 is 9.73 Å². The standard InChI is InChI=1S/C13H15Cl2N3O/c1-3-6-16-8(2)12-17-18-13(19-12)9-4-5-10(14)11(15)7-9/h4-5,7-8,16H,3,6H2,1-2H3. The Bertz CT molecular complexity index is 557. The molecule has 0 spiro atoms. The summed E-state index contributed by atoms with van der Waals surface area (Å²) in [5.41, 5.74) is 0.760. The highest BCUT2D eigenvalue weighted by atomic mass is 35.5. The fourth-order valence-corrected chi connectivity index (χ4v) is 1.90. The summed E-state index contributed by atoms with van der Waals surface area (Å²) >= 11 is 11.8. The van der Waals surface area contributed by atoms with Gasteiger partial charge in [-0.25, -0.2) is 0 Å². The Hall–Kier alpha value is -1.10. The minimum Gasteiger partial charge on any atom is -0.419 e. The van der Waals surface area contributed by atoms with Gasteiger partial charge in [-0.2, -0.15) is 0 Å². The van der Waals surface area contributed by atoms with E-state index in [0.717, 1.165) is 18.5 Å². The van der Waals surface area contributed by atoms with Crippen LogP contribution in [0.5, 0.6) is 0 Å². The predicted octanol–water partition coefficient (Wildman–Crippen LogP) is 4.10. The van der Waals surface area contributed by atoms with Crippen LogP contribution < -0.4 is 5.32 Å². The van der Waals surface area contributed by atoms with E-state index in [1.54, 1.807) is 18.2 Å². The lowest BCUT2D eigenvalue weighted by Gasteiger charge is -2.07. The van der Waals surface area contributed by atoms with Gasteiger partial charge in [0.25, 0.3) is 0 Å². The van der Waals surface area contributed by atoms with Crippen LogP contribution in [0.3, 0.4) is 0 Å². The van der Waals surface area contributed by atoms with Crippen LogP contribution in [-0.4, -0.2) is 16.7 Å². The molecule has 6 heteroatoms. The van der Waals surface area contributed by atoms with Gasteiger partial charge in [-0.15, -0.1) is 10.2 Å². The van der Waals surface area contributed by atoms with Gasteiger partial charge in [0, 0.05) is 5.56 Å². The van der Waals surface area contributed by atoms with Crippen LogP contribution in [0.4, 0.5) is 0 Å². The molecule has 0 fully saturated rings. The van der Waals surface area contributed by atoms with Crippen molar-refractivity contribution in [2.24, 2.45) is 0 Å². The van der Waals surface area contributed by atoms with E-state index in [4.69, 9.17) is 27.6 Å². The highest BCUT2D eigenvalue weighted by molar-refractivity contribution is 6.42. The molecule has 1 atom stereocenters. The van der Waals surface area contributed by atoms with Crippen molar-refractivity contribution in [2.45, 2.75) is 26.3 Å². The van der Waals surface area contributed by atoms with Crippen LogP contribution in [0.25, 0.3) is 11.5 Å². The molecular weight excluding hydrogens is 285 g/mol. The Morgan fingerprint density at radius 3 is 2.74 bits per heavy atom. The summed E-state index contributed by atoms with van der Waals surface area (Å²) in [6, 6.07) is 5.26. The van der Waals surface area contributed by atoms with Crippen molar-refractivity contribution in [3.8, 4) is 11.5 Å². The van der Waals surface area contributed by atoms with Crippen molar-refractivity contribution in [1.82, 2.24) is 15.5 Å². The Labute approximate surface area is 122 Å². The topological polar surface area (TPSA) is 51.0 Å². The highest BCUT2D eigenvalue weighted by Crippen LogP contribution is 2.28. The van der Waals surface area contributed by atoms with Gasteiger partial charge in [0.05, 0.1) is 16.1 Å². The Balaban J connectivity index is 2.18. The van der Waals surface area contributed by atoms with E-state index in [1.807, 2.05) is 6.92 Å². The molecule has 1 heterocycles. The van der Waals surface area contributed by atoms with E-state index in [2.05, 4.69) is 22.4 Å². The van der Waals surface area contributed by atoms with Gasteiger partial charge in [0.15, 0.2) is 0 Å². The molecule has 1 unspecified atom stereocenters. The summed E-state index contributed by atoms with van der Waals surface area (Å²) in [5, 5.41) is 12.3. The Morgan fingerprint density at radius 1 is 1.26 bits per heavy atom. The van der Waals surface area contributed by atoms with Crippen molar-refractivity contribution >= 4 is 23.2 Å². The molecule has 1 N–H and O–H groups in total. The fraction of sp³-hybridized carbons (Fsp3) is 0.385. The van der Waals surface area contributed by atoms with E-state index in [9.17, 15) is 0 Å². The maximum atomic E-state index is 5.97. The lowest BCUT2D eigenvalue weighted by molar-refractivity contribution is 0.423. The number of aromatic nitrogens is 2. The first kappa shape index (κ1) is 14.3. The van der Waals surface area contributed by atoms with Gasteiger partial charge in [-0.05, 0) is 38.1 Å². The third kappa shape index (κ3) is 3.47. The molecule has 0 saturated carbocycles. The second-order valence-corrected chi connectivity index (χ2v) is 5.06. The molecule has 19 heavy (non-hydrogen) atoms. The molecule has 2 aromatic rings. The van der Waals surface area contributed by atoms with Crippen molar-refractivity contribution in [2.75, 3.05) is 6.54 Å². The molecule has 0 radical (unpaired) electrons. The van der Waals surface area contributed by atoms with E-state index < -0.39 is 0 Å². The zero-order valence-corrected chi connectivity index (χ0v) is 12.3. The number of hydrogen-bond acceptors (Lipinski definition) is 4. The number of nitrogens with one attached hydrogen (secondary N) is 1. The molecule has 4 nitrogen and oxygen atoms in total. The quantitative estimate of drug-likeness (QED) is 0.903. The van der Waals surface area contributed by atoms with Gasteiger partial charge in [-0.1, -0.05) is 30.1 Å². The molecule has 0 aliphatic carbocycles. The molecule has 0 amide bonds. The number of hydrogen-bond donors (Lipinski definition) is 1. The Morgan fingerprint density at radius 2 is 2.05 bits per heavy atom. The number of rotatable bonds is 5. The van der Waals surface area contributed by atoms with Gasteiger partial charge in [-0.3, -0.25) is 0 Å². The molecule has 1 aromatic carbocycles. The molecule has 0 saturated heterocycles. The Kier molecular flexibility index (Phi) is 4.80. The normalized spacial score (nSPS) is 12.6. The predicted molar refractivity (Wildman–Crippen MR) is 76.5 cm³/mol. The molecular formula is C13H15Cl2N3O. The van der Waals surface area contributed by atoms with E-state index in [1.165, 1.54) is 0 Å². The maximum absolute atomic E-state index is 5.97. The largest absolute Gasteiger partial charge is 0.419 e. The maximum Gasteiger partial charge on any atom is 0.247 e. The summed E-state index contributed by atoms with van der Waals surface area (Å²) < 4.78 is 5.64. The minimum atomic E-state index is 0.0315. The zero-order valence-electron chi connectivity index (χ0n) is 10.8. The first-order valence-corrected chi connectivity index (χ1v) is 6.89. The smallest absolute Gasteiger partial charge is 0.247 e. The lowest BCUT2D eigenvalue weighted by Crippen LogP contribution is -2.19. The molecule has 2 rings (SSSR count). The van der Waals surface area contributed by atoms with Crippen LogP contribution in [-0.2, 0) is 0 Å². The van der Waals surface area contributed by atoms with Crippen molar-refractivity contribution in [1.29, 1.82) is 0 Å². The molecule has 0 aliphatic heterocycles. The van der Waals surface area contributed by atoms with Gasteiger partial charge >= 0.3 is 0 Å². The third-order valence-corrected chi connectivity index (χ3v) is 3.42. The van der Waals surface area contributed by atoms with Crippen LogP contribution in [0.2, 0.25) is 10.0 Å². The first-order valence-electron chi connectivity index (χ1n) is 6.14. The van der Waals surface area contributed by atoms with Crippen LogP contribution in [0.15, 0.2) is 22.6 Å².